The lowest BCUT2D eigenvalue weighted by atomic mass is 9.58. The fourth-order valence-electron chi connectivity index (χ4n) is 6.21. The Morgan fingerprint density at radius 2 is 1.73 bits per heavy atom. The second-order valence-electron chi connectivity index (χ2n) is 10.9. The number of aromatic hydroxyl groups is 1. The molecule has 1 aromatic carbocycles. The van der Waals surface area contributed by atoms with Crippen LogP contribution >= 0.6 is 0 Å². The second kappa shape index (κ2) is 8.86. The van der Waals surface area contributed by atoms with E-state index >= 15 is 0 Å². The van der Waals surface area contributed by atoms with Crippen LogP contribution in [-0.2, 0) is 22.6 Å². The number of phenolic OH excluding ortho intramolecular Hbond substituents is 1. The van der Waals surface area contributed by atoms with E-state index in [1.165, 1.54) is 4.90 Å². The second-order valence-corrected chi connectivity index (χ2v) is 10.9. The van der Waals surface area contributed by atoms with Gasteiger partial charge in [-0.3, -0.25) is 19.3 Å². The number of fused-ring (bicyclic) bond motifs is 3. The monoisotopic (exact) mass is 514 g/mol. The fraction of sp³-hybridized carbons (Fsp3) is 0.500. The minimum absolute atomic E-state index is 0.0174. The van der Waals surface area contributed by atoms with Gasteiger partial charge >= 0.3 is 0 Å². The Bertz CT molecular complexity index is 1280. The van der Waals surface area contributed by atoms with Crippen molar-refractivity contribution in [3.63, 3.8) is 0 Å². The summed E-state index contributed by atoms with van der Waals surface area (Å²) < 4.78 is 0. The number of hydrogen-bond donors (Lipinski definition) is 5. The lowest BCUT2D eigenvalue weighted by Gasteiger charge is -2.50. The molecule has 1 aromatic rings. The van der Waals surface area contributed by atoms with Crippen molar-refractivity contribution in [3.8, 4) is 5.75 Å². The van der Waals surface area contributed by atoms with Crippen molar-refractivity contribution < 1.29 is 34.8 Å². The van der Waals surface area contributed by atoms with Gasteiger partial charge in [0, 0.05) is 43.4 Å². The number of ketones is 2. The number of Topliss-reactive ketones (excluding diaryl/α,β-unsaturated/α-hetero) is 2. The molecular formula is C26H34N4O7. The van der Waals surface area contributed by atoms with Gasteiger partial charge in [0.15, 0.2) is 11.4 Å². The summed E-state index contributed by atoms with van der Waals surface area (Å²) in [5.74, 6) is -6.52. The molecule has 0 unspecified atom stereocenters. The van der Waals surface area contributed by atoms with E-state index in [-0.39, 0.29) is 29.7 Å². The highest BCUT2D eigenvalue weighted by molar-refractivity contribution is 6.24. The quantitative estimate of drug-likeness (QED) is 0.344. The zero-order valence-electron chi connectivity index (χ0n) is 21.9. The first kappa shape index (κ1) is 26.6. The van der Waals surface area contributed by atoms with E-state index in [1.54, 1.807) is 14.1 Å². The van der Waals surface area contributed by atoms with Gasteiger partial charge in [-0.25, -0.2) is 0 Å². The predicted molar refractivity (Wildman–Crippen MR) is 135 cm³/mol. The molecule has 0 radical (unpaired) electrons. The molecule has 37 heavy (non-hydrogen) atoms. The summed E-state index contributed by atoms with van der Waals surface area (Å²) in [4.78, 5) is 44.6. The van der Waals surface area contributed by atoms with Gasteiger partial charge in [0.2, 0.25) is 5.78 Å². The highest BCUT2D eigenvalue weighted by Gasteiger charge is 2.63. The summed E-state index contributed by atoms with van der Waals surface area (Å²) in [6, 6.07) is 0.810. The Labute approximate surface area is 215 Å². The zero-order valence-corrected chi connectivity index (χ0v) is 21.9. The molecule has 4 rings (SSSR count). The van der Waals surface area contributed by atoms with Gasteiger partial charge in [0.05, 0.1) is 11.6 Å². The number of carbonyl (C=O) groups excluding carboxylic acids is 3. The first-order valence-corrected chi connectivity index (χ1v) is 12.0. The lowest BCUT2D eigenvalue weighted by Crippen LogP contribution is -2.63. The standard InChI is InChI=1S/C26H34N4O7/c1-28(2)10-12-9-15(29(3)4)13-7-11-8-14-19(30(5)6)22(33)18(25(27)36)24(35)26(14,37)23(34)16(11)21(32)17(13)20(12)31/h9,11,14,19,31,33-34,37H,7-8,10H2,1-6H3,(H2,27,36)/t11-,14-,19-,26-/m0/s1. The van der Waals surface area contributed by atoms with Crippen LogP contribution in [0.3, 0.4) is 0 Å². The molecule has 0 heterocycles. The molecule has 3 aliphatic carbocycles. The Hall–Kier alpha value is -3.41. The van der Waals surface area contributed by atoms with Gasteiger partial charge in [-0.2, -0.15) is 0 Å². The molecule has 11 heteroatoms. The van der Waals surface area contributed by atoms with Crippen LogP contribution in [0.5, 0.6) is 5.75 Å². The number of benzene rings is 1. The van der Waals surface area contributed by atoms with Gasteiger partial charge < -0.3 is 36.0 Å². The maximum absolute atomic E-state index is 13.9. The highest BCUT2D eigenvalue weighted by atomic mass is 16.3. The van der Waals surface area contributed by atoms with Crippen molar-refractivity contribution in [2.45, 2.75) is 31.0 Å². The molecule has 0 aliphatic heterocycles. The molecule has 4 atom stereocenters. The summed E-state index contributed by atoms with van der Waals surface area (Å²) in [5.41, 5.74) is 3.60. The molecule has 200 valence electrons. The van der Waals surface area contributed by atoms with Crippen molar-refractivity contribution in [2.75, 3.05) is 47.2 Å². The van der Waals surface area contributed by atoms with E-state index in [0.29, 0.717) is 17.7 Å². The third-order valence-corrected chi connectivity index (χ3v) is 7.75. The van der Waals surface area contributed by atoms with Gasteiger partial charge in [-0.15, -0.1) is 0 Å². The van der Waals surface area contributed by atoms with Crippen LogP contribution in [0, 0.1) is 11.8 Å². The van der Waals surface area contributed by atoms with Crippen LogP contribution in [0.15, 0.2) is 28.7 Å². The van der Waals surface area contributed by atoms with Gasteiger partial charge in [0.25, 0.3) is 5.91 Å². The number of aliphatic hydroxyl groups excluding tert-OH is 2. The summed E-state index contributed by atoms with van der Waals surface area (Å²) in [6.07, 6.45) is 0.302. The van der Waals surface area contributed by atoms with Crippen LogP contribution in [0.25, 0.3) is 0 Å². The molecule has 1 amide bonds. The van der Waals surface area contributed by atoms with Crippen LogP contribution in [0.1, 0.15) is 27.9 Å². The number of carbonyl (C=O) groups is 3. The number of nitrogens with zero attached hydrogens (tertiary/aromatic N) is 3. The zero-order chi connectivity index (χ0) is 27.7. The van der Waals surface area contributed by atoms with Gasteiger partial charge in [-0.05, 0) is 58.6 Å². The maximum Gasteiger partial charge on any atom is 0.255 e. The number of anilines is 1. The average molecular weight is 515 g/mol. The number of amides is 1. The SMILES string of the molecule is CN(C)Cc1cc(N(C)C)c2c(c1O)C(=O)C1=C(O)[C@]3(O)C(=O)C(C(N)=O)=C(O)[C@@H](N(C)C)[C@@H]3C[C@@H]1C2. The number of rotatable bonds is 5. The number of primary amides is 1. The Kier molecular flexibility index (Phi) is 6.38. The summed E-state index contributed by atoms with van der Waals surface area (Å²) >= 11 is 0. The normalized spacial score (nSPS) is 27.4. The predicted octanol–water partition coefficient (Wildman–Crippen LogP) is 0.248. The van der Waals surface area contributed by atoms with E-state index < -0.39 is 58.0 Å². The van der Waals surface area contributed by atoms with Crippen molar-refractivity contribution in [2.24, 2.45) is 17.6 Å². The number of likely N-dealkylation sites (N-methyl/N-ethyl adjacent to an activating group) is 1. The smallest absolute Gasteiger partial charge is 0.255 e. The van der Waals surface area contributed by atoms with Crippen molar-refractivity contribution in [3.05, 3.63) is 45.4 Å². The topological polar surface area (TPSA) is 168 Å². The number of nitrogens with two attached hydrogens (primary N) is 1. The molecule has 0 fully saturated rings. The first-order chi connectivity index (χ1) is 17.1. The molecule has 0 bridgehead atoms. The van der Waals surface area contributed by atoms with Crippen molar-refractivity contribution in [1.82, 2.24) is 9.80 Å². The number of aliphatic hydroxyl groups is 3. The summed E-state index contributed by atoms with van der Waals surface area (Å²) in [6.45, 7) is 0.350. The molecule has 0 saturated heterocycles. The van der Waals surface area contributed by atoms with Crippen LogP contribution in [0.2, 0.25) is 0 Å². The number of allylic oxidation sites excluding steroid dienone is 1. The molecular weight excluding hydrogens is 480 g/mol. The summed E-state index contributed by atoms with van der Waals surface area (Å²) in [7, 11) is 10.5. The van der Waals surface area contributed by atoms with Gasteiger partial charge in [0.1, 0.15) is 22.8 Å². The van der Waals surface area contributed by atoms with E-state index in [2.05, 4.69) is 0 Å². The average Bonchev–Trinajstić information content (AvgIpc) is 2.77. The number of phenols is 1. The molecule has 0 spiro atoms. The Morgan fingerprint density at radius 3 is 2.24 bits per heavy atom. The molecule has 3 aliphatic rings. The minimum atomic E-state index is -2.65. The van der Waals surface area contributed by atoms with Gasteiger partial charge in [-0.1, -0.05) is 0 Å². The van der Waals surface area contributed by atoms with E-state index in [9.17, 15) is 34.8 Å². The third kappa shape index (κ3) is 3.72. The maximum atomic E-state index is 13.9. The Morgan fingerprint density at radius 1 is 1.11 bits per heavy atom. The van der Waals surface area contributed by atoms with Crippen molar-refractivity contribution >= 4 is 23.2 Å². The highest BCUT2D eigenvalue weighted by Crippen LogP contribution is 2.53. The van der Waals surface area contributed by atoms with E-state index in [1.807, 2.05) is 44.1 Å². The molecule has 6 N–H and O–H groups in total. The van der Waals surface area contributed by atoms with Crippen LogP contribution in [0.4, 0.5) is 5.69 Å². The number of hydrogen-bond acceptors (Lipinski definition) is 10. The van der Waals surface area contributed by atoms with Crippen molar-refractivity contribution in [1.29, 1.82) is 0 Å². The summed E-state index contributed by atoms with van der Waals surface area (Å²) in [5, 5.41) is 45.1. The molecule has 0 saturated carbocycles. The van der Waals surface area contributed by atoms with E-state index in [0.717, 1.165) is 5.69 Å². The minimum Gasteiger partial charge on any atom is -0.510 e. The van der Waals surface area contributed by atoms with E-state index in [4.69, 9.17) is 5.73 Å². The molecule has 11 nitrogen and oxygen atoms in total. The van der Waals surface area contributed by atoms with Crippen LogP contribution < -0.4 is 10.6 Å². The molecule has 0 aromatic heterocycles. The largest absolute Gasteiger partial charge is 0.510 e. The van der Waals surface area contributed by atoms with Crippen LogP contribution in [-0.4, -0.2) is 102 Å². The Balaban J connectivity index is 1.98. The lowest BCUT2D eigenvalue weighted by molar-refractivity contribution is -0.148. The third-order valence-electron chi connectivity index (χ3n) is 7.75. The fourth-order valence-corrected chi connectivity index (χ4v) is 6.21. The first-order valence-electron chi connectivity index (χ1n) is 12.0.